The number of carbonyl (C=O) groups excluding carboxylic acids is 5. The molecule has 0 radical (unpaired) electrons. The van der Waals surface area contributed by atoms with Crippen molar-refractivity contribution in [1.82, 2.24) is 66.2 Å². The van der Waals surface area contributed by atoms with Gasteiger partial charge in [-0.25, -0.2) is 14.0 Å². The Kier molecular flexibility index (Phi) is 44.3. The van der Waals surface area contributed by atoms with E-state index in [-0.39, 0.29) is 170 Å². The van der Waals surface area contributed by atoms with Crippen LogP contribution in [0.3, 0.4) is 0 Å². The maximum atomic E-state index is 14.2. The molecule has 15 atom stereocenters. The van der Waals surface area contributed by atoms with Crippen molar-refractivity contribution in [1.29, 1.82) is 0 Å². The van der Waals surface area contributed by atoms with E-state index >= 15 is 0 Å². The molecule has 0 spiro atoms. The standard InChI is InChI=1S/C76H128N14O33/c1-53(91)78-61-64(96)67(99)74(50-117-70(61)119-74)48-111-36-33-108-30-27-105-24-21-102-18-15-88-39-56(82-85-88)42-114-45-73(81-60(95)13-9-5-4-7-11-59(94)12-8-6-10-14-77,46-115-43-57-40-89(86-83-57)16-19-103-22-25-106-28-31-109-34-37-112-49-75-51-118-71(120-75)62(79-54(2)92)65(97)68(75)100)47-116-44-58-41-90(87-84-58)17-20-104-23-26-107-29-32-110-35-38-113-52-76-69(101)66(98)63(80-55(3)93)72(121-76)122-123-76/h39-41,61-72,96-101H,4-38,42-52,77H2,1-3H3,(H,78,91)(H,79,92)(H,80,93)(H,81,95)/t61-,62-,63-,64-,65-,66-,67-,68-,69-,70+,71+,72-,74+,75+,76+/m1/s1. The van der Waals surface area contributed by atoms with Crippen LogP contribution in [0.4, 0.5) is 0 Å². The molecule has 9 rings (SSSR count). The summed E-state index contributed by atoms with van der Waals surface area (Å²) < 4.78 is 121. The highest BCUT2D eigenvalue weighted by Gasteiger charge is 2.63. The lowest BCUT2D eigenvalue weighted by Crippen LogP contribution is -2.66. The maximum Gasteiger partial charge on any atom is 0.256 e. The Labute approximate surface area is 712 Å². The number of aliphatic hydroxyl groups is 6. The van der Waals surface area contributed by atoms with Crippen molar-refractivity contribution in [2.45, 2.75) is 221 Å². The molecule has 0 aliphatic carbocycles. The molecular weight excluding hydrogens is 1640 g/mol. The SMILES string of the molecule is CC(=O)N[C@H]1[C@H]2OC[C@](COCCOCCOCCOCCn3cc(COCC(COCc4cn(CCOCCOCCOCCOC[C@@]56CO[C@@H](O5)[C@H](NC(C)=O)[C@@H](O)[C@H]6O)nn4)(COCc4cn(CCOCCOCCOCCOC[C@@]56OO[C@@H](O5)[C@H](NC(C)=O)[C@@H](O)[C@H]6O)nn4)NC(=O)CCCCCCC(=O)CCCCCN)nn3)(O2)[C@H](O)[C@@H]1O. The molecule has 6 saturated heterocycles. The highest BCUT2D eigenvalue weighted by atomic mass is 17.3. The fourth-order valence-electron chi connectivity index (χ4n) is 14.0. The molecule has 3 aromatic rings. The minimum absolute atomic E-state index is 0.00787. The summed E-state index contributed by atoms with van der Waals surface area (Å²) in [6.45, 7) is 10.3. The van der Waals surface area contributed by atoms with Crippen LogP contribution >= 0.6 is 0 Å². The van der Waals surface area contributed by atoms with Crippen molar-refractivity contribution < 1.29 is 159 Å². The average Bonchev–Trinajstić information content (AvgIpc) is 1.62. The van der Waals surface area contributed by atoms with Gasteiger partial charge in [0.1, 0.15) is 101 Å². The van der Waals surface area contributed by atoms with Crippen molar-refractivity contribution in [2.24, 2.45) is 5.73 Å². The molecule has 700 valence electrons. The molecule has 6 aliphatic rings. The minimum atomic E-state index is -1.77. The van der Waals surface area contributed by atoms with E-state index in [1.165, 1.54) is 20.8 Å². The van der Waals surface area contributed by atoms with Crippen LogP contribution in [0, 0.1) is 0 Å². The number of ether oxygens (including phenoxy) is 20. The predicted octanol–water partition coefficient (Wildman–Crippen LogP) is -5.16. The average molecular weight is 1770 g/mol. The van der Waals surface area contributed by atoms with Gasteiger partial charge < -0.3 is 152 Å². The molecule has 6 bridgehead atoms. The van der Waals surface area contributed by atoms with Crippen molar-refractivity contribution in [3.8, 4) is 0 Å². The molecule has 47 heteroatoms. The zero-order valence-electron chi connectivity index (χ0n) is 70.5. The van der Waals surface area contributed by atoms with E-state index in [1.54, 1.807) is 32.6 Å². The number of nitrogens with one attached hydrogen (secondary N) is 4. The van der Waals surface area contributed by atoms with Crippen molar-refractivity contribution >= 4 is 29.4 Å². The van der Waals surface area contributed by atoms with Gasteiger partial charge in [-0.2, -0.15) is 9.78 Å². The van der Waals surface area contributed by atoms with Gasteiger partial charge in [0.05, 0.1) is 243 Å². The van der Waals surface area contributed by atoms with Crippen molar-refractivity contribution in [3.63, 3.8) is 0 Å². The maximum absolute atomic E-state index is 14.2. The van der Waals surface area contributed by atoms with Gasteiger partial charge >= 0.3 is 0 Å². The molecule has 6 fully saturated rings. The largest absolute Gasteiger partial charge is 0.388 e. The van der Waals surface area contributed by atoms with E-state index < -0.39 is 114 Å². The predicted molar refractivity (Wildman–Crippen MR) is 416 cm³/mol. The fraction of sp³-hybridized carbons (Fsp3) is 0.855. The topological polar surface area (TPSA) is 576 Å². The van der Waals surface area contributed by atoms with Gasteiger partial charge in [-0.1, -0.05) is 34.9 Å². The third-order valence-corrected chi connectivity index (χ3v) is 20.4. The number of aromatic nitrogens is 9. The summed E-state index contributed by atoms with van der Waals surface area (Å²) in [6, 6.07) is -2.85. The zero-order chi connectivity index (χ0) is 87.6. The highest BCUT2D eigenvalue weighted by molar-refractivity contribution is 5.78. The second-order valence-corrected chi connectivity index (χ2v) is 30.6. The Morgan fingerprint density at radius 1 is 0.423 bits per heavy atom. The lowest BCUT2D eigenvalue weighted by Gasteiger charge is -2.42. The van der Waals surface area contributed by atoms with Crippen LogP contribution in [0.15, 0.2) is 18.6 Å². The van der Waals surface area contributed by atoms with Crippen LogP contribution in [-0.4, -0.2) is 399 Å². The lowest BCUT2D eigenvalue weighted by atomic mass is 9.88. The second-order valence-electron chi connectivity index (χ2n) is 30.6. The van der Waals surface area contributed by atoms with E-state index in [1.807, 2.05) is 0 Å². The van der Waals surface area contributed by atoms with Gasteiger partial charge in [0.25, 0.3) is 5.79 Å². The number of ketones is 1. The number of unbranched alkanes of at least 4 members (excludes halogenated alkanes) is 5. The summed E-state index contributed by atoms with van der Waals surface area (Å²) in [5.74, 6) is -3.05. The Morgan fingerprint density at radius 3 is 1.13 bits per heavy atom. The Balaban J connectivity index is 0.695. The second kappa shape index (κ2) is 54.2. The molecule has 0 saturated carbocycles. The minimum Gasteiger partial charge on any atom is -0.388 e. The van der Waals surface area contributed by atoms with Gasteiger partial charge in [0.2, 0.25) is 29.9 Å². The number of rotatable bonds is 70. The van der Waals surface area contributed by atoms with Gasteiger partial charge in [0.15, 0.2) is 12.6 Å². The number of carbonyl (C=O) groups is 5. The normalized spacial score (nSPS) is 26.3. The molecule has 47 nitrogen and oxygen atoms in total. The zero-order valence-corrected chi connectivity index (χ0v) is 70.5. The van der Waals surface area contributed by atoms with Gasteiger partial charge in [-0.05, 0) is 32.2 Å². The summed E-state index contributed by atoms with van der Waals surface area (Å²) in [4.78, 5) is 71.8. The van der Waals surface area contributed by atoms with Crippen LogP contribution in [0.25, 0.3) is 0 Å². The molecule has 0 unspecified atom stereocenters. The van der Waals surface area contributed by atoms with Crippen molar-refractivity contribution in [3.05, 3.63) is 35.7 Å². The van der Waals surface area contributed by atoms with Crippen LogP contribution in [0.1, 0.15) is 102 Å². The summed E-state index contributed by atoms with van der Waals surface area (Å²) in [6.07, 6.45) is 0.564. The number of nitrogens with two attached hydrogens (primary N) is 1. The van der Waals surface area contributed by atoms with E-state index in [0.29, 0.717) is 122 Å². The van der Waals surface area contributed by atoms with E-state index in [0.717, 1.165) is 38.5 Å². The van der Waals surface area contributed by atoms with E-state index in [2.05, 4.69) is 52.2 Å². The Hall–Kier alpha value is -6.19. The van der Waals surface area contributed by atoms with E-state index in [4.69, 9.17) is 110 Å². The first-order chi connectivity index (χ1) is 59.6. The number of aliphatic hydroxyl groups excluding tert-OH is 6. The van der Waals surface area contributed by atoms with Gasteiger partial charge in [0, 0.05) is 40.0 Å². The first-order valence-corrected chi connectivity index (χ1v) is 42.0. The molecule has 0 aromatic carbocycles. The molecule has 12 N–H and O–H groups in total. The Morgan fingerprint density at radius 2 is 0.756 bits per heavy atom. The first kappa shape index (κ1) is 101. The molecular formula is C76H128N14O33. The molecule has 9 heterocycles. The number of hydrogen-bond acceptors (Lipinski definition) is 40. The molecule has 4 amide bonds. The summed E-state index contributed by atoms with van der Waals surface area (Å²) >= 11 is 0. The monoisotopic (exact) mass is 1760 g/mol. The fourth-order valence-corrected chi connectivity index (χ4v) is 14.0. The van der Waals surface area contributed by atoms with Crippen LogP contribution in [0.5, 0.6) is 0 Å². The summed E-state index contributed by atoms with van der Waals surface area (Å²) in [5.41, 5.74) is 3.27. The smallest absolute Gasteiger partial charge is 0.256 e. The highest BCUT2D eigenvalue weighted by Crippen LogP contribution is 2.40. The third kappa shape index (κ3) is 33.4. The molecule has 3 aromatic heterocycles. The lowest BCUT2D eigenvalue weighted by molar-refractivity contribution is -0.358. The van der Waals surface area contributed by atoms with Gasteiger partial charge in [-0.3, -0.25) is 24.0 Å². The quantitative estimate of drug-likeness (QED) is 0.0186. The number of hydrogen-bond donors (Lipinski definition) is 11. The summed E-state index contributed by atoms with van der Waals surface area (Å²) in [7, 11) is 0. The number of amides is 4. The number of fused-ring (bicyclic) bond motifs is 6. The van der Waals surface area contributed by atoms with Crippen LogP contribution in [0.2, 0.25) is 0 Å². The van der Waals surface area contributed by atoms with Gasteiger partial charge in [-0.15, -0.1) is 15.3 Å². The first-order valence-electron chi connectivity index (χ1n) is 42.0. The third-order valence-electron chi connectivity index (χ3n) is 20.4. The number of nitrogens with zero attached hydrogens (tertiary/aromatic N) is 9. The Bertz CT molecular complexity index is 3200. The van der Waals surface area contributed by atoms with E-state index in [9.17, 15) is 54.6 Å². The summed E-state index contributed by atoms with van der Waals surface area (Å²) in [5, 5.41) is 101. The number of Topliss-reactive ketones (excluding diaryl/α,β-unsaturated/α-hetero) is 1. The van der Waals surface area contributed by atoms with Crippen LogP contribution in [-0.2, 0) is 168 Å². The van der Waals surface area contributed by atoms with Crippen LogP contribution < -0.4 is 27.0 Å². The molecule has 6 aliphatic heterocycles. The molecule has 123 heavy (non-hydrogen) atoms. The van der Waals surface area contributed by atoms with Crippen molar-refractivity contribution in [2.75, 3.05) is 198 Å².